The molecule has 0 heterocycles. The summed E-state index contributed by atoms with van der Waals surface area (Å²) in [5.41, 5.74) is 3.69. The van der Waals surface area contributed by atoms with Gasteiger partial charge in [-0.05, 0) is 16.6 Å². The van der Waals surface area contributed by atoms with Gasteiger partial charge in [0.2, 0.25) is 0 Å². The zero-order valence-corrected chi connectivity index (χ0v) is 6.94. The van der Waals surface area contributed by atoms with Crippen LogP contribution in [0.4, 0.5) is 0 Å². The quantitative estimate of drug-likeness (QED) is 0.544. The fourth-order valence-corrected chi connectivity index (χ4v) is 1.81. The van der Waals surface area contributed by atoms with Crippen LogP contribution < -0.4 is 0 Å². The molecule has 0 heteroatoms. The van der Waals surface area contributed by atoms with E-state index in [1.54, 1.807) is 11.1 Å². The highest BCUT2D eigenvalue weighted by molar-refractivity contribution is 5.63. The van der Waals surface area contributed by atoms with E-state index in [9.17, 15) is 0 Å². The molecular weight excluding hydrogens is 120 g/mol. The predicted octanol–water partition coefficient (Wildman–Crippen LogP) is 2.92. The maximum atomic E-state index is 2.36. The van der Waals surface area contributed by atoms with Gasteiger partial charge in [0.15, 0.2) is 0 Å². The molecule has 0 aliphatic heterocycles. The monoisotopic (exact) mass is 134 g/mol. The van der Waals surface area contributed by atoms with Crippen LogP contribution in [0.1, 0.15) is 27.2 Å². The molecule has 0 saturated heterocycles. The largest absolute Gasteiger partial charge is 0.0648 e. The van der Waals surface area contributed by atoms with Gasteiger partial charge < -0.3 is 0 Å². The molecule has 0 saturated carbocycles. The van der Waals surface area contributed by atoms with Crippen LogP contribution in [0, 0.1) is 11.3 Å². The first kappa shape index (κ1) is 6.21. The van der Waals surface area contributed by atoms with Crippen molar-refractivity contribution >= 4 is 0 Å². The first-order chi connectivity index (χ1) is 4.65. The Morgan fingerprint density at radius 2 is 1.80 bits per heavy atom. The minimum absolute atomic E-state index is 0.522. The molecule has 3 rings (SSSR count). The van der Waals surface area contributed by atoms with Crippen molar-refractivity contribution in [1.82, 2.24) is 0 Å². The molecule has 0 nitrogen and oxygen atoms in total. The van der Waals surface area contributed by atoms with Crippen LogP contribution in [0.2, 0.25) is 0 Å². The summed E-state index contributed by atoms with van der Waals surface area (Å²) in [6.45, 7) is 6.99. The van der Waals surface area contributed by atoms with E-state index in [-0.39, 0.29) is 0 Å². The van der Waals surface area contributed by atoms with Crippen LogP contribution in [-0.2, 0) is 0 Å². The second kappa shape index (κ2) is 1.55. The Hall–Kier alpha value is -0.520. The van der Waals surface area contributed by atoms with Crippen molar-refractivity contribution in [2.24, 2.45) is 11.3 Å². The summed E-state index contributed by atoms with van der Waals surface area (Å²) < 4.78 is 0. The van der Waals surface area contributed by atoms with Gasteiger partial charge in [0.1, 0.15) is 0 Å². The van der Waals surface area contributed by atoms with Crippen LogP contribution in [0.25, 0.3) is 0 Å². The summed E-state index contributed by atoms with van der Waals surface area (Å²) in [5.74, 6) is 0.831. The van der Waals surface area contributed by atoms with Gasteiger partial charge in [-0.3, -0.25) is 0 Å². The molecule has 0 atom stereocenters. The lowest BCUT2D eigenvalue weighted by Gasteiger charge is -2.48. The van der Waals surface area contributed by atoms with E-state index in [1.165, 1.54) is 6.42 Å². The third-order valence-corrected chi connectivity index (χ3v) is 3.03. The summed E-state index contributed by atoms with van der Waals surface area (Å²) in [6, 6.07) is 0. The Morgan fingerprint density at radius 1 is 1.30 bits per heavy atom. The molecule has 0 fully saturated rings. The van der Waals surface area contributed by atoms with Crippen molar-refractivity contribution in [2.75, 3.05) is 0 Å². The lowest BCUT2D eigenvalue weighted by molar-refractivity contribution is 0.250. The number of hydrogen-bond donors (Lipinski definition) is 0. The van der Waals surface area contributed by atoms with Gasteiger partial charge in [0.05, 0.1) is 0 Å². The third kappa shape index (κ3) is 0.524. The number of hydrogen-bond acceptors (Lipinski definition) is 0. The van der Waals surface area contributed by atoms with E-state index in [0.717, 1.165) is 5.92 Å². The highest BCUT2D eigenvalue weighted by Crippen LogP contribution is 2.55. The van der Waals surface area contributed by atoms with E-state index >= 15 is 0 Å². The van der Waals surface area contributed by atoms with Crippen LogP contribution in [0.3, 0.4) is 0 Å². The van der Waals surface area contributed by atoms with E-state index in [2.05, 4.69) is 32.9 Å². The molecule has 0 aromatic rings. The van der Waals surface area contributed by atoms with Crippen molar-refractivity contribution in [1.29, 1.82) is 0 Å². The van der Waals surface area contributed by atoms with Crippen molar-refractivity contribution in [3.05, 3.63) is 23.3 Å². The summed E-state index contributed by atoms with van der Waals surface area (Å²) in [6.07, 6.45) is 5.90. The van der Waals surface area contributed by atoms with Gasteiger partial charge in [0, 0.05) is 5.92 Å². The van der Waals surface area contributed by atoms with E-state index in [1.807, 2.05) is 0 Å². The smallest absolute Gasteiger partial charge is 0.0141 e. The van der Waals surface area contributed by atoms with Gasteiger partial charge in [0.25, 0.3) is 0 Å². The SMILES string of the molecule is CCC(C)(C)C1C2=CC1=C2. The van der Waals surface area contributed by atoms with Crippen molar-refractivity contribution < 1.29 is 0 Å². The second-order valence-electron chi connectivity index (χ2n) is 4.06. The Morgan fingerprint density at radius 3 is 1.90 bits per heavy atom. The number of rotatable bonds is 2. The summed E-state index contributed by atoms with van der Waals surface area (Å²) in [5, 5.41) is 0. The van der Waals surface area contributed by atoms with Crippen molar-refractivity contribution in [3.63, 3.8) is 0 Å². The summed E-state index contributed by atoms with van der Waals surface area (Å²) in [4.78, 5) is 0. The van der Waals surface area contributed by atoms with Gasteiger partial charge in [-0.25, -0.2) is 0 Å². The minimum Gasteiger partial charge on any atom is -0.0648 e. The average molecular weight is 134 g/mol. The molecule has 54 valence electrons. The van der Waals surface area contributed by atoms with Gasteiger partial charge >= 0.3 is 0 Å². The molecule has 0 amide bonds. The predicted molar refractivity (Wildman–Crippen MR) is 43.7 cm³/mol. The normalized spacial score (nSPS) is 22.7. The second-order valence-corrected chi connectivity index (χ2v) is 4.06. The molecule has 3 aliphatic carbocycles. The zero-order chi connectivity index (χ0) is 7.35. The standard InChI is InChI=1S/C10H14/c1-4-10(2,3)9-7-5-8(9)6-7/h5-6,9H,4H2,1-3H3. The average Bonchev–Trinajstić information content (AvgIpc) is 1.55. The van der Waals surface area contributed by atoms with Gasteiger partial charge in [-0.15, -0.1) is 0 Å². The van der Waals surface area contributed by atoms with Crippen LogP contribution in [-0.4, -0.2) is 0 Å². The van der Waals surface area contributed by atoms with Gasteiger partial charge in [-0.2, -0.15) is 0 Å². The molecule has 0 spiro atoms. The third-order valence-electron chi connectivity index (χ3n) is 3.03. The van der Waals surface area contributed by atoms with Crippen LogP contribution in [0.15, 0.2) is 23.3 Å². The first-order valence-electron chi connectivity index (χ1n) is 4.08. The molecule has 0 aromatic heterocycles. The highest BCUT2D eigenvalue weighted by atomic mass is 14.5. The molecule has 2 bridgehead atoms. The molecule has 0 unspecified atom stereocenters. The molecule has 0 N–H and O–H groups in total. The Balaban J connectivity index is 2.15. The maximum Gasteiger partial charge on any atom is 0.0141 e. The van der Waals surface area contributed by atoms with Crippen LogP contribution >= 0.6 is 0 Å². The van der Waals surface area contributed by atoms with Crippen molar-refractivity contribution in [3.8, 4) is 0 Å². The summed E-state index contributed by atoms with van der Waals surface area (Å²) >= 11 is 0. The topological polar surface area (TPSA) is 0 Å². The van der Waals surface area contributed by atoms with E-state index in [0.29, 0.717) is 5.41 Å². The Labute approximate surface area is 62.6 Å². The molecule has 0 radical (unpaired) electrons. The fraction of sp³-hybridized carbons (Fsp3) is 0.600. The van der Waals surface area contributed by atoms with Crippen LogP contribution in [0.5, 0.6) is 0 Å². The van der Waals surface area contributed by atoms with Gasteiger partial charge in [-0.1, -0.05) is 39.3 Å². The first-order valence-corrected chi connectivity index (χ1v) is 4.08. The lowest BCUT2D eigenvalue weighted by Crippen LogP contribution is -2.37. The number of allylic oxidation sites excluding steroid dienone is 4. The summed E-state index contributed by atoms with van der Waals surface area (Å²) in [7, 11) is 0. The Bertz CT molecular complexity index is 205. The lowest BCUT2D eigenvalue weighted by atomic mass is 9.56. The zero-order valence-electron chi connectivity index (χ0n) is 6.94. The van der Waals surface area contributed by atoms with E-state index in [4.69, 9.17) is 0 Å². The van der Waals surface area contributed by atoms with Crippen molar-refractivity contribution in [2.45, 2.75) is 27.2 Å². The fourth-order valence-electron chi connectivity index (χ4n) is 1.81. The van der Waals surface area contributed by atoms with E-state index < -0.39 is 0 Å². The molecule has 3 aliphatic rings. The molecule has 0 aromatic carbocycles. The Kier molecular flexibility index (Phi) is 0.964. The minimum atomic E-state index is 0.522. The molecular formula is C10H14. The maximum absolute atomic E-state index is 2.36. The molecule has 10 heavy (non-hydrogen) atoms. The highest BCUT2D eigenvalue weighted by Gasteiger charge is 2.43.